The lowest BCUT2D eigenvalue weighted by molar-refractivity contribution is 0.433. The summed E-state index contributed by atoms with van der Waals surface area (Å²) in [6.45, 7) is 0. The van der Waals surface area contributed by atoms with Crippen molar-refractivity contribution in [3.8, 4) is 0 Å². The van der Waals surface area contributed by atoms with E-state index in [1.54, 1.807) is 10.8 Å². The highest BCUT2D eigenvalue weighted by molar-refractivity contribution is 6.30. The van der Waals surface area contributed by atoms with Crippen LogP contribution in [0.2, 0.25) is 5.02 Å². The maximum Gasteiger partial charge on any atom is 0.274 e. The first-order chi connectivity index (χ1) is 7.68. The first kappa shape index (κ1) is 11.5. The van der Waals surface area contributed by atoms with Gasteiger partial charge in [0.1, 0.15) is 0 Å². The standard InChI is InChI=1S/C12H17ClN2O/c13-9-7-11(14)12(16)15(8-9)10-5-3-1-2-4-6-10/h7-8,10H,1-6,14H2. The Labute approximate surface area is 100 Å². The van der Waals surface area contributed by atoms with E-state index in [4.69, 9.17) is 17.3 Å². The monoisotopic (exact) mass is 240 g/mol. The number of halogens is 1. The van der Waals surface area contributed by atoms with Crippen LogP contribution in [0.5, 0.6) is 0 Å². The molecule has 1 saturated carbocycles. The Morgan fingerprint density at radius 1 is 1.25 bits per heavy atom. The highest BCUT2D eigenvalue weighted by atomic mass is 35.5. The summed E-state index contributed by atoms with van der Waals surface area (Å²) in [5.41, 5.74) is 5.80. The largest absolute Gasteiger partial charge is 0.394 e. The average molecular weight is 241 g/mol. The number of hydrogen-bond donors (Lipinski definition) is 1. The van der Waals surface area contributed by atoms with E-state index in [1.165, 1.54) is 31.7 Å². The molecule has 3 nitrogen and oxygen atoms in total. The summed E-state index contributed by atoms with van der Waals surface area (Å²) >= 11 is 5.94. The molecule has 1 aromatic heterocycles. The van der Waals surface area contributed by atoms with Crippen LogP contribution >= 0.6 is 11.6 Å². The number of rotatable bonds is 1. The SMILES string of the molecule is Nc1cc(Cl)cn(C2CCCCCC2)c1=O. The van der Waals surface area contributed by atoms with Gasteiger partial charge in [0.05, 0.1) is 10.7 Å². The molecule has 0 bridgehead atoms. The van der Waals surface area contributed by atoms with Crippen molar-refractivity contribution in [2.45, 2.75) is 44.6 Å². The minimum absolute atomic E-state index is 0.101. The molecular formula is C12H17ClN2O. The molecule has 1 aromatic rings. The van der Waals surface area contributed by atoms with E-state index in [0.29, 0.717) is 5.02 Å². The molecule has 2 rings (SSSR count). The molecule has 0 unspecified atom stereocenters. The van der Waals surface area contributed by atoms with E-state index in [0.717, 1.165) is 12.8 Å². The Morgan fingerprint density at radius 2 is 1.88 bits per heavy atom. The predicted octanol–water partition coefficient (Wildman–Crippen LogP) is 2.98. The molecule has 1 aliphatic carbocycles. The van der Waals surface area contributed by atoms with Crippen LogP contribution in [-0.2, 0) is 0 Å². The zero-order valence-corrected chi connectivity index (χ0v) is 10.0. The first-order valence-electron chi connectivity index (χ1n) is 5.85. The van der Waals surface area contributed by atoms with Crippen molar-refractivity contribution in [3.63, 3.8) is 0 Å². The van der Waals surface area contributed by atoms with E-state index in [9.17, 15) is 4.79 Å². The fourth-order valence-corrected chi connectivity index (χ4v) is 2.62. The van der Waals surface area contributed by atoms with Crippen LogP contribution in [0.4, 0.5) is 5.69 Å². The fourth-order valence-electron chi connectivity index (χ4n) is 2.40. The predicted molar refractivity (Wildman–Crippen MR) is 66.9 cm³/mol. The van der Waals surface area contributed by atoms with Gasteiger partial charge in [-0.1, -0.05) is 37.3 Å². The van der Waals surface area contributed by atoms with Crippen LogP contribution in [0.3, 0.4) is 0 Å². The summed E-state index contributed by atoms with van der Waals surface area (Å²) in [5, 5.41) is 0.543. The van der Waals surface area contributed by atoms with Gasteiger partial charge in [0.25, 0.3) is 5.56 Å². The number of pyridine rings is 1. The van der Waals surface area contributed by atoms with Gasteiger partial charge in [-0.25, -0.2) is 0 Å². The summed E-state index contributed by atoms with van der Waals surface area (Å²) in [6, 6.07) is 1.80. The molecule has 88 valence electrons. The third-order valence-corrected chi connectivity index (χ3v) is 3.46. The summed E-state index contributed by atoms with van der Waals surface area (Å²) < 4.78 is 1.73. The van der Waals surface area contributed by atoms with Gasteiger partial charge in [-0.05, 0) is 18.9 Å². The van der Waals surface area contributed by atoms with Gasteiger partial charge in [0.15, 0.2) is 0 Å². The number of anilines is 1. The smallest absolute Gasteiger partial charge is 0.274 e. The van der Waals surface area contributed by atoms with Gasteiger partial charge in [-0.2, -0.15) is 0 Å². The molecule has 0 saturated heterocycles. The van der Waals surface area contributed by atoms with E-state index in [1.807, 2.05) is 0 Å². The molecule has 16 heavy (non-hydrogen) atoms. The van der Waals surface area contributed by atoms with E-state index < -0.39 is 0 Å². The molecule has 1 aliphatic rings. The zero-order valence-electron chi connectivity index (χ0n) is 9.29. The molecule has 1 heterocycles. The van der Waals surface area contributed by atoms with Gasteiger partial charge in [0.2, 0.25) is 0 Å². The Balaban J connectivity index is 2.34. The first-order valence-corrected chi connectivity index (χ1v) is 6.23. The van der Waals surface area contributed by atoms with Crippen molar-refractivity contribution in [1.82, 2.24) is 4.57 Å². The Hall–Kier alpha value is -0.960. The van der Waals surface area contributed by atoms with Gasteiger partial charge < -0.3 is 10.3 Å². The second kappa shape index (κ2) is 4.91. The highest BCUT2D eigenvalue weighted by Gasteiger charge is 2.16. The second-order valence-electron chi connectivity index (χ2n) is 4.47. The summed E-state index contributed by atoms with van der Waals surface area (Å²) in [5.74, 6) is 0. The van der Waals surface area contributed by atoms with Crippen molar-refractivity contribution in [3.05, 3.63) is 27.6 Å². The minimum Gasteiger partial charge on any atom is -0.394 e. The molecule has 1 fully saturated rings. The average Bonchev–Trinajstić information content (AvgIpc) is 2.51. The van der Waals surface area contributed by atoms with Crippen molar-refractivity contribution >= 4 is 17.3 Å². The maximum atomic E-state index is 11.9. The van der Waals surface area contributed by atoms with Crippen LogP contribution < -0.4 is 11.3 Å². The quantitative estimate of drug-likeness (QED) is 0.768. The van der Waals surface area contributed by atoms with Gasteiger partial charge in [-0.3, -0.25) is 4.79 Å². The molecular weight excluding hydrogens is 224 g/mol. The van der Waals surface area contributed by atoms with Crippen molar-refractivity contribution in [1.29, 1.82) is 0 Å². The molecule has 0 aromatic carbocycles. The molecule has 0 aliphatic heterocycles. The highest BCUT2D eigenvalue weighted by Crippen LogP contribution is 2.27. The number of nitrogens with two attached hydrogens (primary N) is 1. The van der Waals surface area contributed by atoms with Crippen LogP contribution in [0.1, 0.15) is 44.6 Å². The Bertz CT molecular complexity index is 420. The van der Waals surface area contributed by atoms with E-state index >= 15 is 0 Å². The zero-order chi connectivity index (χ0) is 11.5. The van der Waals surface area contributed by atoms with Crippen LogP contribution in [0, 0.1) is 0 Å². The van der Waals surface area contributed by atoms with Gasteiger partial charge in [-0.15, -0.1) is 0 Å². The van der Waals surface area contributed by atoms with Crippen molar-refractivity contribution in [2.75, 3.05) is 5.73 Å². The van der Waals surface area contributed by atoms with Crippen LogP contribution in [-0.4, -0.2) is 4.57 Å². The van der Waals surface area contributed by atoms with Crippen molar-refractivity contribution in [2.24, 2.45) is 0 Å². The minimum atomic E-state index is -0.101. The molecule has 0 amide bonds. The number of aromatic nitrogens is 1. The molecule has 0 atom stereocenters. The number of nitrogen functional groups attached to an aromatic ring is 1. The van der Waals surface area contributed by atoms with Gasteiger partial charge >= 0.3 is 0 Å². The number of hydrogen-bond acceptors (Lipinski definition) is 2. The molecule has 2 N–H and O–H groups in total. The summed E-state index contributed by atoms with van der Waals surface area (Å²) in [4.78, 5) is 11.9. The van der Waals surface area contributed by atoms with Crippen LogP contribution in [0.15, 0.2) is 17.1 Å². The lowest BCUT2D eigenvalue weighted by Crippen LogP contribution is -2.26. The van der Waals surface area contributed by atoms with Gasteiger partial charge in [0, 0.05) is 12.2 Å². The summed E-state index contributed by atoms with van der Waals surface area (Å²) in [7, 11) is 0. The lowest BCUT2D eigenvalue weighted by Gasteiger charge is -2.18. The Morgan fingerprint density at radius 3 is 2.50 bits per heavy atom. The third kappa shape index (κ3) is 2.40. The van der Waals surface area contributed by atoms with E-state index in [-0.39, 0.29) is 17.3 Å². The second-order valence-corrected chi connectivity index (χ2v) is 4.91. The molecule has 0 spiro atoms. The van der Waals surface area contributed by atoms with Crippen LogP contribution in [0.25, 0.3) is 0 Å². The van der Waals surface area contributed by atoms with E-state index in [2.05, 4.69) is 0 Å². The topological polar surface area (TPSA) is 48.0 Å². The maximum absolute atomic E-state index is 11.9. The summed E-state index contributed by atoms with van der Waals surface area (Å²) in [6.07, 6.45) is 8.73. The number of nitrogens with zero attached hydrogens (tertiary/aromatic N) is 1. The normalized spacial score (nSPS) is 18.3. The lowest BCUT2D eigenvalue weighted by atomic mass is 10.1. The third-order valence-electron chi connectivity index (χ3n) is 3.26. The molecule has 0 radical (unpaired) electrons. The van der Waals surface area contributed by atoms with Crippen molar-refractivity contribution < 1.29 is 0 Å². The molecule has 4 heteroatoms. The Kier molecular flexibility index (Phi) is 3.54. The fraction of sp³-hybridized carbons (Fsp3) is 0.583.